The molecule has 1 heterocycles. The molecular formula is C15H21N3O3. The largest absolute Gasteiger partial charge is 0.497 e. The predicted octanol–water partition coefficient (Wildman–Crippen LogP) is 2.37. The van der Waals surface area contributed by atoms with Crippen LogP contribution in [0, 0.1) is 6.92 Å². The summed E-state index contributed by atoms with van der Waals surface area (Å²) in [4.78, 5) is 0. The lowest BCUT2D eigenvalue weighted by Gasteiger charge is -2.13. The van der Waals surface area contributed by atoms with E-state index in [1.807, 2.05) is 32.2 Å². The van der Waals surface area contributed by atoms with Crippen LogP contribution in [0.1, 0.15) is 11.3 Å². The van der Waals surface area contributed by atoms with Gasteiger partial charge in [0.15, 0.2) is 0 Å². The zero-order valence-corrected chi connectivity index (χ0v) is 13.1. The van der Waals surface area contributed by atoms with E-state index >= 15 is 0 Å². The van der Waals surface area contributed by atoms with E-state index in [-0.39, 0.29) is 0 Å². The first-order chi connectivity index (χ1) is 10.1. The number of nitrogens with zero attached hydrogens (tertiary/aromatic N) is 2. The Labute approximate surface area is 124 Å². The Morgan fingerprint density at radius 3 is 2.52 bits per heavy atom. The van der Waals surface area contributed by atoms with E-state index in [0.29, 0.717) is 6.54 Å². The molecule has 0 fully saturated rings. The molecular weight excluding hydrogens is 270 g/mol. The highest BCUT2D eigenvalue weighted by Gasteiger charge is 2.14. The summed E-state index contributed by atoms with van der Waals surface area (Å²) in [5, 5.41) is 7.71. The molecule has 1 aromatic heterocycles. The van der Waals surface area contributed by atoms with Crippen LogP contribution in [0.4, 0.5) is 5.69 Å². The minimum Gasteiger partial charge on any atom is -0.497 e. The van der Waals surface area contributed by atoms with Crippen LogP contribution >= 0.6 is 0 Å². The first-order valence-corrected chi connectivity index (χ1v) is 6.63. The van der Waals surface area contributed by atoms with Gasteiger partial charge in [-0.25, -0.2) is 4.68 Å². The Balaban J connectivity index is 2.20. The molecule has 0 atom stereocenters. The average Bonchev–Trinajstić information content (AvgIpc) is 2.77. The molecule has 6 heteroatoms. The van der Waals surface area contributed by atoms with Crippen molar-refractivity contribution in [2.45, 2.75) is 13.5 Å². The van der Waals surface area contributed by atoms with E-state index in [2.05, 4.69) is 10.4 Å². The lowest BCUT2D eigenvalue weighted by molar-refractivity contribution is 0.369. The van der Waals surface area contributed by atoms with Crippen LogP contribution in [-0.4, -0.2) is 31.1 Å². The highest BCUT2D eigenvalue weighted by Crippen LogP contribution is 2.30. The van der Waals surface area contributed by atoms with Crippen LogP contribution < -0.4 is 19.5 Å². The normalized spacial score (nSPS) is 10.3. The first-order valence-electron chi connectivity index (χ1n) is 6.63. The number of hydrogen-bond acceptors (Lipinski definition) is 5. The quantitative estimate of drug-likeness (QED) is 0.885. The second-order valence-electron chi connectivity index (χ2n) is 4.62. The van der Waals surface area contributed by atoms with Crippen molar-refractivity contribution in [2.75, 3.05) is 26.6 Å². The molecule has 0 saturated heterocycles. The summed E-state index contributed by atoms with van der Waals surface area (Å²) in [7, 11) is 6.78. The fourth-order valence-electron chi connectivity index (χ4n) is 2.27. The summed E-state index contributed by atoms with van der Waals surface area (Å²) in [5.74, 6) is 2.25. The van der Waals surface area contributed by atoms with Gasteiger partial charge >= 0.3 is 0 Å². The Kier molecular flexibility index (Phi) is 4.57. The van der Waals surface area contributed by atoms with Crippen molar-refractivity contribution >= 4 is 5.69 Å². The predicted molar refractivity (Wildman–Crippen MR) is 81.4 cm³/mol. The second-order valence-corrected chi connectivity index (χ2v) is 4.62. The number of methoxy groups -OCH3 is 3. The average molecular weight is 291 g/mol. The molecule has 2 rings (SSSR count). The van der Waals surface area contributed by atoms with Crippen LogP contribution in [0.3, 0.4) is 0 Å². The standard InChI is InChI=1S/C15H21N3O3/c1-10-12(15(21-5)18(2)17-10)9-16-13-7-6-11(19-3)8-14(13)20-4/h6-8,16H,9H2,1-5H3. The van der Waals surface area contributed by atoms with Crippen LogP contribution in [0.5, 0.6) is 17.4 Å². The first kappa shape index (κ1) is 15.0. The molecule has 21 heavy (non-hydrogen) atoms. The van der Waals surface area contributed by atoms with Gasteiger partial charge in [-0.05, 0) is 19.1 Å². The maximum Gasteiger partial charge on any atom is 0.216 e. The van der Waals surface area contributed by atoms with Crippen molar-refractivity contribution < 1.29 is 14.2 Å². The lowest BCUT2D eigenvalue weighted by Crippen LogP contribution is -2.04. The van der Waals surface area contributed by atoms with E-state index in [1.165, 1.54) is 0 Å². The van der Waals surface area contributed by atoms with Crippen LogP contribution in [0.25, 0.3) is 0 Å². The van der Waals surface area contributed by atoms with Gasteiger partial charge in [-0.1, -0.05) is 0 Å². The molecule has 2 aromatic rings. The van der Waals surface area contributed by atoms with Gasteiger partial charge in [0.05, 0.1) is 38.3 Å². The molecule has 0 unspecified atom stereocenters. The molecule has 0 aliphatic heterocycles. The van der Waals surface area contributed by atoms with Crippen molar-refractivity contribution in [1.29, 1.82) is 0 Å². The number of nitrogens with one attached hydrogen (secondary N) is 1. The molecule has 0 spiro atoms. The Bertz CT molecular complexity index is 623. The number of hydrogen-bond donors (Lipinski definition) is 1. The molecule has 0 amide bonds. The number of ether oxygens (including phenoxy) is 3. The number of aromatic nitrogens is 2. The minimum absolute atomic E-state index is 0.603. The molecule has 0 saturated carbocycles. The van der Waals surface area contributed by atoms with Crippen LogP contribution in [0.15, 0.2) is 18.2 Å². The summed E-state index contributed by atoms with van der Waals surface area (Å²) >= 11 is 0. The third kappa shape index (κ3) is 3.04. The number of aryl methyl sites for hydroxylation is 2. The summed E-state index contributed by atoms with van der Waals surface area (Å²) < 4.78 is 17.7. The molecule has 114 valence electrons. The van der Waals surface area contributed by atoms with E-state index in [4.69, 9.17) is 14.2 Å². The third-order valence-electron chi connectivity index (χ3n) is 3.35. The smallest absolute Gasteiger partial charge is 0.216 e. The maximum absolute atomic E-state index is 5.39. The van der Waals surface area contributed by atoms with E-state index in [0.717, 1.165) is 34.3 Å². The monoisotopic (exact) mass is 291 g/mol. The van der Waals surface area contributed by atoms with E-state index < -0.39 is 0 Å². The zero-order valence-electron chi connectivity index (χ0n) is 13.1. The molecule has 0 aliphatic carbocycles. The topological polar surface area (TPSA) is 57.5 Å². The fraction of sp³-hybridized carbons (Fsp3) is 0.400. The lowest BCUT2D eigenvalue weighted by atomic mass is 10.2. The Morgan fingerprint density at radius 2 is 1.90 bits per heavy atom. The third-order valence-corrected chi connectivity index (χ3v) is 3.35. The Morgan fingerprint density at radius 1 is 1.14 bits per heavy atom. The summed E-state index contributed by atoms with van der Waals surface area (Å²) in [6, 6.07) is 5.66. The SMILES string of the molecule is COc1ccc(NCc2c(C)nn(C)c2OC)c(OC)c1. The molecule has 0 bridgehead atoms. The van der Waals surface area contributed by atoms with Gasteiger partial charge in [-0.3, -0.25) is 0 Å². The molecule has 0 radical (unpaired) electrons. The Hall–Kier alpha value is -2.37. The molecule has 0 aliphatic rings. The van der Waals surface area contributed by atoms with Crippen molar-refractivity contribution in [2.24, 2.45) is 7.05 Å². The zero-order chi connectivity index (χ0) is 15.4. The van der Waals surface area contributed by atoms with Crippen LogP contribution in [0.2, 0.25) is 0 Å². The minimum atomic E-state index is 0.603. The summed E-state index contributed by atoms with van der Waals surface area (Å²) in [5.41, 5.74) is 2.86. The van der Waals surface area contributed by atoms with Crippen LogP contribution in [-0.2, 0) is 13.6 Å². The number of anilines is 1. The van der Waals surface area contributed by atoms with Crippen molar-refractivity contribution in [1.82, 2.24) is 9.78 Å². The summed E-state index contributed by atoms with van der Waals surface area (Å²) in [6.07, 6.45) is 0. The summed E-state index contributed by atoms with van der Waals surface area (Å²) in [6.45, 7) is 2.57. The van der Waals surface area contributed by atoms with Gasteiger partial charge in [-0.2, -0.15) is 5.10 Å². The molecule has 1 aromatic carbocycles. The van der Waals surface area contributed by atoms with Gasteiger partial charge in [0.1, 0.15) is 11.5 Å². The van der Waals surface area contributed by atoms with Gasteiger partial charge in [-0.15, -0.1) is 0 Å². The molecule has 6 nitrogen and oxygen atoms in total. The molecule has 1 N–H and O–H groups in total. The maximum atomic E-state index is 5.39. The fourth-order valence-corrected chi connectivity index (χ4v) is 2.27. The number of rotatable bonds is 6. The van der Waals surface area contributed by atoms with Gasteiger partial charge in [0.2, 0.25) is 5.88 Å². The highest BCUT2D eigenvalue weighted by molar-refractivity contribution is 5.59. The van der Waals surface area contributed by atoms with Gasteiger partial charge in [0, 0.05) is 19.7 Å². The van der Waals surface area contributed by atoms with Crippen molar-refractivity contribution in [3.05, 3.63) is 29.5 Å². The second kappa shape index (κ2) is 6.39. The van der Waals surface area contributed by atoms with E-state index in [1.54, 1.807) is 26.0 Å². The number of benzene rings is 1. The highest BCUT2D eigenvalue weighted by atomic mass is 16.5. The van der Waals surface area contributed by atoms with Crippen molar-refractivity contribution in [3.8, 4) is 17.4 Å². The van der Waals surface area contributed by atoms with Gasteiger partial charge < -0.3 is 19.5 Å². The van der Waals surface area contributed by atoms with Gasteiger partial charge in [0.25, 0.3) is 0 Å². The van der Waals surface area contributed by atoms with Crippen molar-refractivity contribution in [3.63, 3.8) is 0 Å². The van der Waals surface area contributed by atoms with E-state index in [9.17, 15) is 0 Å².